The fourth-order valence-corrected chi connectivity index (χ4v) is 3.98. The van der Waals surface area contributed by atoms with Crippen LogP contribution in [0.1, 0.15) is 42.5 Å². The SMILES string of the molecule is FC1(F)CCC(CNc2ncc3c(n2)CC=C3c2ccc3ncnn3c2)CC1. The molecule has 144 valence electrons. The van der Waals surface area contributed by atoms with Crippen LogP contribution in [-0.4, -0.2) is 37.0 Å². The van der Waals surface area contributed by atoms with E-state index in [1.54, 1.807) is 4.52 Å². The molecule has 0 unspecified atom stereocenters. The molecule has 0 aromatic carbocycles. The number of fused-ring (bicyclic) bond motifs is 2. The molecule has 0 spiro atoms. The Labute approximate surface area is 160 Å². The van der Waals surface area contributed by atoms with Crippen molar-refractivity contribution in [2.45, 2.75) is 38.0 Å². The zero-order valence-electron chi connectivity index (χ0n) is 15.3. The number of aromatic nitrogens is 5. The molecule has 1 N–H and O–H groups in total. The summed E-state index contributed by atoms with van der Waals surface area (Å²) in [5.41, 5.74) is 4.93. The Morgan fingerprint density at radius 3 is 2.89 bits per heavy atom. The Morgan fingerprint density at radius 2 is 2.04 bits per heavy atom. The second-order valence-electron chi connectivity index (χ2n) is 7.54. The number of pyridine rings is 1. The van der Waals surface area contributed by atoms with E-state index in [9.17, 15) is 8.78 Å². The van der Waals surface area contributed by atoms with Gasteiger partial charge in [-0.2, -0.15) is 5.10 Å². The van der Waals surface area contributed by atoms with E-state index in [2.05, 4.69) is 31.4 Å². The molecule has 0 saturated heterocycles. The predicted molar refractivity (Wildman–Crippen MR) is 101 cm³/mol. The van der Waals surface area contributed by atoms with Gasteiger partial charge in [-0.25, -0.2) is 28.2 Å². The van der Waals surface area contributed by atoms with Gasteiger partial charge in [0.1, 0.15) is 6.33 Å². The van der Waals surface area contributed by atoms with E-state index in [-0.39, 0.29) is 18.8 Å². The Kier molecular flexibility index (Phi) is 4.07. The molecule has 1 saturated carbocycles. The van der Waals surface area contributed by atoms with Crippen LogP contribution >= 0.6 is 0 Å². The number of hydrogen-bond donors (Lipinski definition) is 1. The highest BCUT2D eigenvalue weighted by molar-refractivity contribution is 5.83. The van der Waals surface area contributed by atoms with Crippen LogP contribution in [0.25, 0.3) is 11.2 Å². The lowest BCUT2D eigenvalue weighted by Gasteiger charge is -2.28. The lowest BCUT2D eigenvalue weighted by Crippen LogP contribution is -2.28. The smallest absolute Gasteiger partial charge is 0.248 e. The van der Waals surface area contributed by atoms with Gasteiger partial charge < -0.3 is 5.32 Å². The quantitative estimate of drug-likeness (QED) is 0.744. The molecule has 6 nitrogen and oxygen atoms in total. The second-order valence-corrected chi connectivity index (χ2v) is 7.54. The summed E-state index contributed by atoms with van der Waals surface area (Å²) in [6, 6.07) is 3.96. The van der Waals surface area contributed by atoms with Crippen LogP contribution in [0.2, 0.25) is 0 Å². The molecule has 1 fully saturated rings. The maximum Gasteiger partial charge on any atom is 0.248 e. The number of hydrogen-bond acceptors (Lipinski definition) is 5. The van der Waals surface area contributed by atoms with Gasteiger partial charge in [0.05, 0.1) is 5.69 Å². The largest absolute Gasteiger partial charge is 0.354 e. The highest BCUT2D eigenvalue weighted by Gasteiger charge is 2.34. The van der Waals surface area contributed by atoms with Gasteiger partial charge in [0.25, 0.3) is 0 Å². The first kappa shape index (κ1) is 17.2. The number of allylic oxidation sites excluding steroid dienone is 1. The summed E-state index contributed by atoms with van der Waals surface area (Å²) < 4.78 is 28.3. The van der Waals surface area contributed by atoms with Gasteiger partial charge in [-0.3, -0.25) is 0 Å². The van der Waals surface area contributed by atoms with Gasteiger partial charge in [-0.15, -0.1) is 0 Å². The molecule has 3 aromatic rings. The summed E-state index contributed by atoms with van der Waals surface area (Å²) in [5.74, 6) is -1.67. The summed E-state index contributed by atoms with van der Waals surface area (Å²) in [6.45, 7) is 0.637. The fraction of sp³-hybridized carbons (Fsp3) is 0.400. The Bertz CT molecular complexity index is 1050. The first-order valence-corrected chi connectivity index (χ1v) is 9.55. The van der Waals surface area contributed by atoms with Crippen LogP contribution in [0.5, 0.6) is 0 Å². The fourth-order valence-electron chi connectivity index (χ4n) is 3.98. The van der Waals surface area contributed by atoms with Crippen molar-refractivity contribution in [3.05, 3.63) is 53.8 Å². The van der Waals surface area contributed by atoms with E-state index >= 15 is 0 Å². The second kappa shape index (κ2) is 6.61. The van der Waals surface area contributed by atoms with E-state index in [0.717, 1.165) is 34.5 Å². The predicted octanol–water partition coefficient (Wildman–Crippen LogP) is 3.74. The minimum atomic E-state index is -2.49. The Balaban J connectivity index is 1.28. The topological polar surface area (TPSA) is 68.0 Å². The van der Waals surface area contributed by atoms with Crippen LogP contribution in [0, 0.1) is 5.92 Å². The Hall–Kier alpha value is -2.90. The molecule has 5 rings (SSSR count). The first-order valence-electron chi connectivity index (χ1n) is 9.55. The molecule has 0 radical (unpaired) electrons. The Morgan fingerprint density at radius 1 is 1.18 bits per heavy atom. The summed E-state index contributed by atoms with van der Waals surface area (Å²) in [6.07, 6.45) is 9.25. The molecule has 2 aliphatic rings. The maximum atomic E-state index is 13.3. The number of anilines is 1. The number of halogens is 2. The summed E-state index contributed by atoms with van der Waals surface area (Å²) in [4.78, 5) is 13.2. The molecule has 8 heteroatoms. The molecule has 0 atom stereocenters. The molecular formula is C20H20F2N6. The molecule has 3 heterocycles. The average Bonchev–Trinajstić information content (AvgIpc) is 3.33. The van der Waals surface area contributed by atoms with E-state index in [1.165, 1.54) is 6.33 Å². The molecule has 3 aromatic heterocycles. The van der Waals surface area contributed by atoms with Crippen LogP contribution in [0.3, 0.4) is 0 Å². The lowest BCUT2D eigenvalue weighted by molar-refractivity contribution is -0.0443. The van der Waals surface area contributed by atoms with E-state index in [4.69, 9.17) is 0 Å². The van der Waals surface area contributed by atoms with Gasteiger partial charge in [-0.1, -0.05) is 6.08 Å². The monoisotopic (exact) mass is 382 g/mol. The number of nitrogens with one attached hydrogen (secondary N) is 1. The van der Waals surface area contributed by atoms with Crippen molar-refractivity contribution >= 4 is 17.2 Å². The van der Waals surface area contributed by atoms with Gasteiger partial charge in [0, 0.05) is 49.3 Å². The minimum Gasteiger partial charge on any atom is -0.354 e. The van der Waals surface area contributed by atoms with Crippen LogP contribution < -0.4 is 5.32 Å². The summed E-state index contributed by atoms with van der Waals surface area (Å²) >= 11 is 0. The van der Waals surface area contributed by atoms with Gasteiger partial charge >= 0.3 is 0 Å². The van der Waals surface area contributed by atoms with Crippen molar-refractivity contribution in [3.63, 3.8) is 0 Å². The standard InChI is InChI=1S/C20H20F2N6/c21-20(22)7-5-13(6-8-20)9-23-19-24-10-16-15(2-3-17(16)27-19)14-1-4-18-25-12-26-28(18)11-14/h1-2,4,10-13H,3,5-9H2,(H,23,24,27). The highest BCUT2D eigenvalue weighted by atomic mass is 19.3. The zero-order chi connectivity index (χ0) is 19.1. The van der Waals surface area contributed by atoms with E-state index < -0.39 is 5.92 Å². The molecule has 0 bridgehead atoms. The highest BCUT2D eigenvalue weighted by Crippen LogP contribution is 2.36. The van der Waals surface area contributed by atoms with Crippen molar-refractivity contribution in [1.82, 2.24) is 24.6 Å². The number of nitrogens with zero attached hydrogens (tertiary/aromatic N) is 5. The van der Waals surface area contributed by atoms with Crippen molar-refractivity contribution in [1.29, 1.82) is 0 Å². The lowest BCUT2D eigenvalue weighted by atomic mass is 9.87. The van der Waals surface area contributed by atoms with E-state index in [1.807, 2.05) is 24.5 Å². The first-order chi connectivity index (χ1) is 13.6. The summed E-state index contributed by atoms with van der Waals surface area (Å²) in [7, 11) is 0. The van der Waals surface area contributed by atoms with Crippen molar-refractivity contribution in [3.8, 4) is 0 Å². The van der Waals surface area contributed by atoms with Crippen molar-refractivity contribution < 1.29 is 8.78 Å². The van der Waals surface area contributed by atoms with Gasteiger partial charge in [0.15, 0.2) is 5.65 Å². The molecular weight excluding hydrogens is 362 g/mol. The maximum absolute atomic E-state index is 13.3. The van der Waals surface area contributed by atoms with E-state index in [0.29, 0.717) is 25.3 Å². The van der Waals surface area contributed by atoms with Gasteiger partial charge in [0.2, 0.25) is 11.9 Å². The number of alkyl halides is 2. The van der Waals surface area contributed by atoms with Crippen molar-refractivity contribution in [2.75, 3.05) is 11.9 Å². The normalized spacial score (nSPS) is 18.9. The molecule has 0 aliphatic heterocycles. The number of rotatable bonds is 4. The minimum absolute atomic E-state index is 0.0201. The van der Waals surface area contributed by atoms with Gasteiger partial charge in [-0.05, 0) is 36.5 Å². The molecule has 2 aliphatic carbocycles. The molecule has 28 heavy (non-hydrogen) atoms. The van der Waals surface area contributed by atoms with Crippen LogP contribution in [0.4, 0.5) is 14.7 Å². The third kappa shape index (κ3) is 3.23. The third-order valence-electron chi connectivity index (χ3n) is 5.63. The molecule has 0 amide bonds. The summed E-state index contributed by atoms with van der Waals surface area (Å²) in [5, 5.41) is 7.42. The van der Waals surface area contributed by atoms with Crippen LogP contribution in [0.15, 0.2) is 36.9 Å². The van der Waals surface area contributed by atoms with Crippen molar-refractivity contribution in [2.24, 2.45) is 5.92 Å². The average molecular weight is 382 g/mol. The zero-order valence-corrected chi connectivity index (χ0v) is 15.3. The third-order valence-corrected chi connectivity index (χ3v) is 5.63. The van der Waals surface area contributed by atoms with Crippen LogP contribution in [-0.2, 0) is 6.42 Å².